The molecule has 0 atom stereocenters. The topological polar surface area (TPSA) is 39.4 Å². The second-order valence-electron chi connectivity index (χ2n) is 4.37. The highest BCUT2D eigenvalue weighted by atomic mass is 15.1. The molecule has 0 aromatic heterocycles. The van der Waals surface area contributed by atoms with Gasteiger partial charge in [0.2, 0.25) is 0 Å². The van der Waals surface area contributed by atoms with Crippen LogP contribution in [0, 0.1) is 11.3 Å². The second kappa shape index (κ2) is 5.83. The minimum absolute atomic E-state index is 0.587. The van der Waals surface area contributed by atoms with Crippen LogP contribution in [-0.2, 0) is 0 Å². The van der Waals surface area contributed by atoms with E-state index in [9.17, 15) is 0 Å². The molecule has 2 aromatic rings. The number of aliphatic imine (C=N–C) groups is 1. The molecular formula is C16H15N3. The van der Waals surface area contributed by atoms with Crippen molar-refractivity contribution in [2.24, 2.45) is 4.99 Å². The van der Waals surface area contributed by atoms with Gasteiger partial charge < -0.3 is 4.90 Å². The summed E-state index contributed by atoms with van der Waals surface area (Å²) in [5.41, 5.74) is 3.44. The highest BCUT2D eigenvalue weighted by molar-refractivity contribution is 5.83. The lowest BCUT2D eigenvalue weighted by Gasteiger charge is -2.11. The molecule has 0 spiro atoms. The molecular weight excluding hydrogens is 234 g/mol. The molecule has 0 bridgehead atoms. The number of anilines is 1. The molecule has 0 aliphatic heterocycles. The van der Waals surface area contributed by atoms with Crippen molar-refractivity contribution in [1.29, 1.82) is 5.26 Å². The maximum Gasteiger partial charge on any atom is 0.101 e. The summed E-state index contributed by atoms with van der Waals surface area (Å²) in [4.78, 5) is 6.41. The van der Waals surface area contributed by atoms with E-state index in [0.29, 0.717) is 11.3 Å². The summed E-state index contributed by atoms with van der Waals surface area (Å²) in [6.45, 7) is 0. The number of para-hydroxylation sites is 1. The Morgan fingerprint density at radius 2 is 1.74 bits per heavy atom. The van der Waals surface area contributed by atoms with E-state index in [1.165, 1.54) is 0 Å². The van der Waals surface area contributed by atoms with E-state index < -0.39 is 0 Å². The van der Waals surface area contributed by atoms with Crippen LogP contribution in [0.2, 0.25) is 0 Å². The molecule has 94 valence electrons. The molecule has 0 N–H and O–H groups in total. The van der Waals surface area contributed by atoms with Crippen LogP contribution in [0.3, 0.4) is 0 Å². The number of hydrogen-bond acceptors (Lipinski definition) is 3. The summed E-state index contributed by atoms with van der Waals surface area (Å²) in [6, 6.07) is 17.5. The van der Waals surface area contributed by atoms with Crippen LogP contribution in [0.25, 0.3) is 0 Å². The summed E-state index contributed by atoms with van der Waals surface area (Å²) >= 11 is 0. The molecule has 0 saturated heterocycles. The lowest BCUT2D eigenvalue weighted by Crippen LogP contribution is -2.08. The van der Waals surface area contributed by atoms with Gasteiger partial charge in [-0.2, -0.15) is 5.26 Å². The normalized spacial score (nSPS) is 10.4. The summed E-state index contributed by atoms with van der Waals surface area (Å²) in [6.07, 6.45) is 1.77. The highest BCUT2D eigenvalue weighted by Crippen LogP contribution is 2.17. The molecule has 0 aliphatic carbocycles. The Morgan fingerprint density at radius 3 is 2.37 bits per heavy atom. The maximum atomic E-state index is 8.98. The van der Waals surface area contributed by atoms with Crippen LogP contribution >= 0.6 is 0 Å². The molecule has 2 aromatic carbocycles. The summed E-state index contributed by atoms with van der Waals surface area (Å²) in [7, 11) is 4.01. The molecule has 0 saturated carbocycles. The number of hydrogen-bond donors (Lipinski definition) is 0. The quantitative estimate of drug-likeness (QED) is 0.782. The van der Waals surface area contributed by atoms with Crippen molar-refractivity contribution in [2.75, 3.05) is 19.0 Å². The molecule has 0 radical (unpaired) electrons. The van der Waals surface area contributed by atoms with Crippen LogP contribution in [0.15, 0.2) is 53.5 Å². The lowest BCUT2D eigenvalue weighted by atomic mass is 10.2. The van der Waals surface area contributed by atoms with Crippen molar-refractivity contribution in [3.63, 3.8) is 0 Å². The Morgan fingerprint density at radius 1 is 1.05 bits per heavy atom. The van der Waals surface area contributed by atoms with Crippen LogP contribution in [0.1, 0.15) is 11.1 Å². The zero-order chi connectivity index (χ0) is 13.7. The van der Waals surface area contributed by atoms with Crippen molar-refractivity contribution in [1.82, 2.24) is 0 Å². The third-order valence-electron chi connectivity index (χ3n) is 2.79. The molecule has 0 aliphatic rings. The third-order valence-corrected chi connectivity index (χ3v) is 2.79. The van der Waals surface area contributed by atoms with E-state index in [-0.39, 0.29) is 0 Å². The Kier molecular flexibility index (Phi) is 3.94. The first kappa shape index (κ1) is 12.8. The first-order chi connectivity index (χ1) is 9.20. The number of nitriles is 1. The van der Waals surface area contributed by atoms with Crippen LogP contribution in [-0.4, -0.2) is 20.3 Å². The van der Waals surface area contributed by atoms with Gasteiger partial charge in [-0.1, -0.05) is 24.3 Å². The largest absolute Gasteiger partial charge is 0.378 e. The van der Waals surface area contributed by atoms with E-state index in [4.69, 9.17) is 5.26 Å². The van der Waals surface area contributed by atoms with Gasteiger partial charge in [-0.05, 0) is 29.8 Å². The molecule has 0 amide bonds. The Bertz CT molecular complexity index is 619. The van der Waals surface area contributed by atoms with Crippen LogP contribution < -0.4 is 4.90 Å². The monoisotopic (exact) mass is 249 g/mol. The average molecular weight is 249 g/mol. The maximum absolute atomic E-state index is 8.98. The first-order valence-corrected chi connectivity index (χ1v) is 6.01. The Hall–Kier alpha value is -2.60. The lowest BCUT2D eigenvalue weighted by molar-refractivity contribution is 1.13. The van der Waals surface area contributed by atoms with Crippen molar-refractivity contribution >= 4 is 17.6 Å². The Labute approximate surface area is 113 Å². The summed E-state index contributed by atoms with van der Waals surface area (Å²) in [5.74, 6) is 0. The van der Waals surface area contributed by atoms with Gasteiger partial charge in [0.25, 0.3) is 0 Å². The van der Waals surface area contributed by atoms with E-state index in [2.05, 4.69) is 11.1 Å². The van der Waals surface area contributed by atoms with Crippen molar-refractivity contribution < 1.29 is 0 Å². The molecule has 0 heterocycles. The smallest absolute Gasteiger partial charge is 0.101 e. The van der Waals surface area contributed by atoms with Gasteiger partial charge >= 0.3 is 0 Å². The second-order valence-corrected chi connectivity index (χ2v) is 4.37. The predicted octanol–water partition coefficient (Wildman–Crippen LogP) is 3.37. The Balaban J connectivity index is 2.21. The van der Waals surface area contributed by atoms with E-state index >= 15 is 0 Å². The highest BCUT2D eigenvalue weighted by Gasteiger charge is 1.98. The predicted molar refractivity (Wildman–Crippen MR) is 79.2 cm³/mol. The fraction of sp³-hybridized carbons (Fsp3) is 0.125. The van der Waals surface area contributed by atoms with Crippen LogP contribution in [0.4, 0.5) is 11.4 Å². The zero-order valence-electron chi connectivity index (χ0n) is 11.0. The number of rotatable bonds is 3. The molecule has 19 heavy (non-hydrogen) atoms. The molecule has 2 rings (SSSR count). The van der Waals surface area contributed by atoms with Gasteiger partial charge in [-0.25, -0.2) is 0 Å². The van der Waals surface area contributed by atoms with Crippen molar-refractivity contribution in [2.45, 2.75) is 0 Å². The van der Waals surface area contributed by atoms with E-state index in [1.54, 1.807) is 12.3 Å². The van der Waals surface area contributed by atoms with Gasteiger partial charge in [0.15, 0.2) is 0 Å². The van der Waals surface area contributed by atoms with Crippen molar-refractivity contribution in [3.8, 4) is 6.07 Å². The van der Waals surface area contributed by atoms with Gasteiger partial charge in [-0.3, -0.25) is 4.99 Å². The zero-order valence-corrected chi connectivity index (χ0v) is 11.0. The molecule has 0 fully saturated rings. The first-order valence-electron chi connectivity index (χ1n) is 6.01. The molecule has 0 unspecified atom stereocenters. The number of nitrogens with zero attached hydrogens (tertiary/aromatic N) is 3. The van der Waals surface area contributed by atoms with Gasteiger partial charge in [-0.15, -0.1) is 0 Å². The van der Waals surface area contributed by atoms with Gasteiger partial charge in [0.1, 0.15) is 6.07 Å². The summed E-state index contributed by atoms with van der Waals surface area (Å²) in [5, 5.41) is 8.98. The number of benzene rings is 2. The van der Waals surface area contributed by atoms with Gasteiger partial charge in [0, 0.05) is 26.0 Å². The third kappa shape index (κ3) is 3.20. The fourth-order valence-corrected chi connectivity index (χ4v) is 1.68. The minimum Gasteiger partial charge on any atom is -0.378 e. The van der Waals surface area contributed by atoms with Crippen molar-refractivity contribution in [3.05, 3.63) is 59.7 Å². The molecule has 3 heteroatoms. The molecule has 3 nitrogen and oxygen atoms in total. The minimum atomic E-state index is 0.587. The van der Waals surface area contributed by atoms with E-state index in [1.807, 2.05) is 61.5 Å². The standard InChI is InChI=1S/C16H15N3/c1-19(2)15-9-7-13(8-10-15)12-18-16-6-4-3-5-14(16)11-17/h3-10,12H,1-2H3. The SMILES string of the molecule is CN(C)c1ccc(C=Nc2ccccc2C#N)cc1. The summed E-state index contributed by atoms with van der Waals surface area (Å²) < 4.78 is 0. The van der Waals surface area contributed by atoms with Crippen LogP contribution in [0.5, 0.6) is 0 Å². The fourth-order valence-electron chi connectivity index (χ4n) is 1.68. The van der Waals surface area contributed by atoms with Gasteiger partial charge in [0.05, 0.1) is 11.3 Å². The van der Waals surface area contributed by atoms with E-state index in [0.717, 1.165) is 11.3 Å². The average Bonchev–Trinajstić information content (AvgIpc) is 2.45.